The molecule has 0 radical (unpaired) electrons. The van der Waals surface area contributed by atoms with Crippen LogP contribution in [0.5, 0.6) is 0 Å². The number of benzene rings is 2. The molecule has 0 unspecified atom stereocenters. The molecule has 2 N–H and O–H groups in total. The number of nitro groups is 1. The maximum atomic E-state index is 11.9. The molecule has 0 atom stereocenters. The van der Waals surface area contributed by atoms with E-state index in [9.17, 15) is 19.7 Å². The van der Waals surface area contributed by atoms with Crippen LogP contribution < -0.4 is 10.9 Å². The second-order valence-corrected chi connectivity index (χ2v) is 5.44. The average Bonchev–Trinajstić information content (AvgIpc) is 2.59. The molecule has 0 aromatic heterocycles. The molecule has 7 heteroatoms. The largest absolute Gasteiger partial charge is 0.270 e. The summed E-state index contributed by atoms with van der Waals surface area (Å²) in [5.41, 5.74) is 7.38. The minimum Gasteiger partial charge on any atom is -0.268 e. The predicted octanol–water partition coefficient (Wildman–Crippen LogP) is 2.69. The Labute approximate surface area is 144 Å². The van der Waals surface area contributed by atoms with Crippen LogP contribution in [0.15, 0.2) is 48.5 Å². The fourth-order valence-electron chi connectivity index (χ4n) is 2.17. The van der Waals surface area contributed by atoms with Crippen molar-refractivity contribution in [3.8, 4) is 0 Å². The van der Waals surface area contributed by atoms with Gasteiger partial charge in [0, 0.05) is 23.8 Å². The van der Waals surface area contributed by atoms with Crippen molar-refractivity contribution < 1.29 is 14.5 Å². The molecule has 0 spiro atoms. The zero-order valence-corrected chi connectivity index (χ0v) is 13.8. The molecule has 0 saturated heterocycles. The highest BCUT2D eigenvalue weighted by molar-refractivity contribution is 5.98. The van der Waals surface area contributed by atoms with Crippen LogP contribution in [-0.2, 0) is 4.79 Å². The van der Waals surface area contributed by atoms with Crippen LogP contribution in [0.1, 0.15) is 27.0 Å². The molecule has 0 aliphatic heterocycles. The summed E-state index contributed by atoms with van der Waals surface area (Å²) in [7, 11) is 0. The highest BCUT2D eigenvalue weighted by Crippen LogP contribution is 2.13. The molecule has 2 aromatic rings. The van der Waals surface area contributed by atoms with Crippen molar-refractivity contribution in [2.24, 2.45) is 0 Å². The van der Waals surface area contributed by atoms with Crippen LogP contribution in [0.2, 0.25) is 0 Å². The van der Waals surface area contributed by atoms with Gasteiger partial charge in [-0.2, -0.15) is 0 Å². The average molecular weight is 339 g/mol. The van der Waals surface area contributed by atoms with Crippen molar-refractivity contribution in [2.75, 3.05) is 0 Å². The third-order valence-electron chi connectivity index (χ3n) is 3.46. The molecular formula is C18H17N3O4. The Kier molecular flexibility index (Phi) is 5.62. The van der Waals surface area contributed by atoms with Crippen LogP contribution in [0.25, 0.3) is 6.08 Å². The zero-order valence-electron chi connectivity index (χ0n) is 13.8. The van der Waals surface area contributed by atoms with E-state index in [2.05, 4.69) is 10.9 Å². The summed E-state index contributed by atoms with van der Waals surface area (Å²) in [5.74, 6) is -1.16. The zero-order chi connectivity index (χ0) is 18.4. The number of aryl methyl sites for hydroxylation is 2. The number of carbonyl (C=O) groups excluding carboxylic acids is 2. The van der Waals surface area contributed by atoms with Gasteiger partial charge in [-0.05, 0) is 37.1 Å². The first-order chi connectivity index (χ1) is 11.9. The van der Waals surface area contributed by atoms with E-state index in [1.165, 1.54) is 24.3 Å². The van der Waals surface area contributed by atoms with Crippen LogP contribution in [0, 0.1) is 24.0 Å². The van der Waals surface area contributed by atoms with Crippen LogP contribution in [0.4, 0.5) is 5.69 Å². The van der Waals surface area contributed by atoms with Crippen molar-refractivity contribution in [3.05, 3.63) is 80.9 Å². The van der Waals surface area contributed by atoms with Crippen LogP contribution >= 0.6 is 0 Å². The fourth-order valence-corrected chi connectivity index (χ4v) is 2.17. The van der Waals surface area contributed by atoms with Gasteiger partial charge in [0.25, 0.3) is 17.5 Å². The van der Waals surface area contributed by atoms with Gasteiger partial charge in [0.15, 0.2) is 0 Å². The molecule has 25 heavy (non-hydrogen) atoms. The molecule has 0 saturated carbocycles. The first kappa shape index (κ1) is 17.9. The molecule has 0 bridgehead atoms. The van der Waals surface area contributed by atoms with E-state index >= 15 is 0 Å². The summed E-state index contributed by atoms with van der Waals surface area (Å²) in [6, 6.07) is 11.1. The molecular weight excluding hydrogens is 322 g/mol. The molecule has 2 rings (SSSR count). The molecule has 7 nitrogen and oxygen atoms in total. The lowest BCUT2D eigenvalue weighted by Gasteiger charge is -2.05. The molecule has 0 fully saturated rings. The maximum absolute atomic E-state index is 11.9. The standard InChI is InChI=1S/C18H17N3O4/c1-12-6-7-14(13(2)10-12)8-9-17(22)19-20-18(23)15-4-3-5-16(11-15)21(24)25/h3-11H,1-2H3,(H,19,22)(H,20,23)/b9-8+. The Balaban J connectivity index is 1.95. The van der Waals surface area contributed by atoms with Crippen molar-refractivity contribution in [2.45, 2.75) is 13.8 Å². The van der Waals surface area contributed by atoms with Crippen molar-refractivity contribution in [1.82, 2.24) is 10.9 Å². The highest BCUT2D eigenvalue weighted by Gasteiger charge is 2.11. The van der Waals surface area contributed by atoms with Crippen LogP contribution in [-0.4, -0.2) is 16.7 Å². The monoisotopic (exact) mass is 339 g/mol. The van der Waals surface area contributed by atoms with Gasteiger partial charge in [-0.25, -0.2) is 0 Å². The van der Waals surface area contributed by atoms with Crippen molar-refractivity contribution >= 4 is 23.6 Å². The number of amides is 2. The van der Waals surface area contributed by atoms with Crippen molar-refractivity contribution in [1.29, 1.82) is 0 Å². The van der Waals surface area contributed by atoms with Crippen molar-refractivity contribution in [3.63, 3.8) is 0 Å². The SMILES string of the molecule is Cc1ccc(/C=C/C(=O)NNC(=O)c2cccc([N+](=O)[O-])c2)c(C)c1. The van der Waals surface area contributed by atoms with E-state index in [1.807, 2.05) is 32.0 Å². The lowest BCUT2D eigenvalue weighted by atomic mass is 10.1. The minimum atomic E-state index is -0.642. The number of nitro benzene ring substituents is 1. The number of carbonyl (C=O) groups is 2. The Bertz CT molecular complexity index is 859. The van der Waals surface area contributed by atoms with Gasteiger partial charge in [-0.15, -0.1) is 0 Å². The molecule has 2 aromatic carbocycles. The van der Waals surface area contributed by atoms with E-state index < -0.39 is 16.7 Å². The number of hydrogen-bond donors (Lipinski definition) is 2. The summed E-state index contributed by atoms with van der Waals surface area (Å²) < 4.78 is 0. The van der Waals surface area contributed by atoms with Gasteiger partial charge in [-0.3, -0.25) is 30.6 Å². The third kappa shape index (κ3) is 5.00. The topological polar surface area (TPSA) is 101 Å². The Morgan fingerprint density at radius 3 is 2.52 bits per heavy atom. The van der Waals surface area contributed by atoms with Crippen LogP contribution in [0.3, 0.4) is 0 Å². The second kappa shape index (κ2) is 7.87. The first-order valence-corrected chi connectivity index (χ1v) is 7.47. The summed E-state index contributed by atoms with van der Waals surface area (Å²) in [6.07, 6.45) is 2.94. The smallest absolute Gasteiger partial charge is 0.268 e. The quantitative estimate of drug-likeness (QED) is 0.508. The highest BCUT2D eigenvalue weighted by atomic mass is 16.6. The number of nitrogens with one attached hydrogen (secondary N) is 2. The van der Waals surface area contributed by atoms with E-state index in [4.69, 9.17) is 0 Å². The Morgan fingerprint density at radius 2 is 1.84 bits per heavy atom. The van der Waals surface area contributed by atoms with E-state index in [1.54, 1.807) is 6.08 Å². The molecule has 0 heterocycles. The summed E-state index contributed by atoms with van der Waals surface area (Å²) in [5, 5.41) is 10.7. The number of nitrogens with zero attached hydrogens (tertiary/aromatic N) is 1. The number of hydrogen-bond acceptors (Lipinski definition) is 4. The number of hydrazine groups is 1. The Hall–Kier alpha value is -3.48. The summed E-state index contributed by atoms with van der Waals surface area (Å²) in [6.45, 7) is 3.92. The lowest BCUT2D eigenvalue weighted by Crippen LogP contribution is -2.40. The lowest BCUT2D eigenvalue weighted by molar-refractivity contribution is -0.384. The second-order valence-electron chi connectivity index (χ2n) is 5.44. The summed E-state index contributed by atoms with van der Waals surface area (Å²) >= 11 is 0. The van der Waals surface area contributed by atoms with Gasteiger partial charge in [0.1, 0.15) is 0 Å². The van der Waals surface area contributed by atoms with Gasteiger partial charge < -0.3 is 0 Å². The molecule has 128 valence electrons. The van der Waals surface area contributed by atoms with E-state index in [0.29, 0.717) is 0 Å². The Morgan fingerprint density at radius 1 is 1.08 bits per heavy atom. The molecule has 0 aliphatic rings. The van der Waals surface area contributed by atoms with E-state index in [0.717, 1.165) is 22.8 Å². The van der Waals surface area contributed by atoms with Gasteiger partial charge in [-0.1, -0.05) is 29.8 Å². The first-order valence-electron chi connectivity index (χ1n) is 7.47. The molecule has 2 amide bonds. The number of non-ortho nitro benzene ring substituents is 1. The van der Waals surface area contributed by atoms with Gasteiger partial charge in [0.05, 0.1) is 4.92 Å². The number of rotatable bonds is 4. The minimum absolute atomic E-state index is 0.0767. The van der Waals surface area contributed by atoms with Gasteiger partial charge in [0.2, 0.25) is 0 Å². The van der Waals surface area contributed by atoms with E-state index in [-0.39, 0.29) is 11.3 Å². The summed E-state index contributed by atoms with van der Waals surface area (Å²) in [4.78, 5) is 33.8. The van der Waals surface area contributed by atoms with Gasteiger partial charge >= 0.3 is 0 Å². The fraction of sp³-hybridized carbons (Fsp3) is 0.111. The molecule has 0 aliphatic carbocycles. The third-order valence-corrected chi connectivity index (χ3v) is 3.46. The maximum Gasteiger partial charge on any atom is 0.270 e. The predicted molar refractivity (Wildman–Crippen MR) is 93.7 cm³/mol. The normalized spacial score (nSPS) is 10.5.